The third-order valence-corrected chi connectivity index (χ3v) is 4.39. The Morgan fingerprint density at radius 2 is 1.72 bits per heavy atom. The molecule has 0 amide bonds. The molecule has 1 unspecified atom stereocenters. The van der Waals surface area contributed by atoms with E-state index in [0.29, 0.717) is 6.61 Å². The Balaban J connectivity index is 3.68. The van der Waals surface area contributed by atoms with Crippen LogP contribution in [0.15, 0.2) is 0 Å². The molecule has 0 aromatic rings. The predicted molar refractivity (Wildman–Crippen MR) is 81.1 cm³/mol. The average Bonchev–Trinajstić information content (AvgIpc) is 2.37. The quantitative estimate of drug-likeness (QED) is 0.404. The number of carbonyl (C=O) groups excluding carboxylic acids is 1. The highest BCUT2D eigenvalue weighted by Crippen LogP contribution is 2.27. The fraction of sp³-hybridized carbons (Fsp3) is 0.933. The number of unbranched alkanes of at least 4 members (excludes halogenated alkanes) is 5. The highest BCUT2D eigenvalue weighted by Gasteiger charge is 2.32. The Bertz CT molecular complexity index is 219. The number of rotatable bonds is 11. The summed E-state index contributed by atoms with van der Waals surface area (Å²) in [6.07, 6.45) is 10.2. The zero-order chi connectivity index (χ0) is 13.9. The minimum absolute atomic E-state index is 0.0205. The van der Waals surface area contributed by atoms with E-state index >= 15 is 0 Å². The van der Waals surface area contributed by atoms with Crippen molar-refractivity contribution in [3.63, 3.8) is 0 Å². The second kappa shape index (κ2) is 10.7. The number of ether oxygens (including phenoxy) is 1. The van der Waals surface area contributed by atoms with Gasteiger partial charge < -0.3 is 4.74 Å². The molecule has 0 spiro atoms. The molecule has 18 heavy (non-hydrogen) atoms. The van der Waals surface area contributed by atoms with Gasteiger partial charge in [-0.2, -0.15) is 11.8 Å². The summed E-state index contributed by atoms with van der Waals surface area (Å²) in [5.74, 6) is 0.826. The second-order valence-corrected chi connectivity index (χ2v) is 6.12. The summed E-state index contributed by atoms with van der Waals surface area (Å²) in [5.41, 5.74) is -0.304. The second-order valence-electron chi connectivity index (χ2n) is 5.25. The van der Waals surface area contributed by atoms with Crippen molar-refractivity contribution in [3.8, 4) is 0 Å². The van der Waals surface area contributed by atoms with Crippen molar-refractivity contribution < 1.29 is 9.53 Å². The van der Waals surface area contributed by atoms with Crippen LogP contribution in [0.1, 0.15) is 65.7 Å². The molecule has 0 bridgehead atoms. The summed E-state index contributed by atoms with van der Waals surface area (Å²) >= 11 is 1.71. The SMILES string of the molecule is CCCCCCCCOC(=O)C(C)(CC)CSC. The molecule has 108 valence electrons. The summed E-state index contributed by atoms with van der Waals surface area (Å²) in [5, 5.41) is 0. The third kappa shape index (κ3) is 7.30. The lowest BCUT2D eigenvalue weighted by atomic mass is 9.90. The van der Waals surface area contributed by atoms with Gasteiger partial charge in [0.1, 0.15) is 0 Å². The summed E-state index contributed by atoms with van der Waals surface area (Å²) < 4.78 is 5.40. The molecule has 0 aromatic heterocycles. The van der Waals surface area contributed by atoms with Gasteiger partial charge in [-0.05, 0) is 26.0 Å². The van der Waals surface area contributed by atoms with Crippen LogP contribution in [0.2, 0.25) is 0 Å². The Hall–Kier alpha value is -0.180. The molecule has 2 nitrogen and oxygen atoms in total. The average molecular weight is 274 g/mol. The van der Waals surface area contributed by atoms with Crippen molar-refractivity contribution in [2.75, 3.05) is 18.6 Å². The van der Waals surface area contributed by atoms with Crippen LogP contribution in [0.4, 0.5) is 0 Å². The Morgan fingerprint density at radius 1 is 1.11 bits per heavy atom. The van der Waals surface area contributed by atoms with Crippen LogP contribution in [-0.4, -0.2) is 24.6 Å². The van der Waals surface area contributed by atoms with E-state index in [2.05, 4.69) is 13.8 Å². The maximum Gasteiger partial charge on any atom is 0.312 e. The van der Waals surface area contributed by atoms with E-state index in [1.54, 1.807) is 11.8 Å². The van der Waals surface area contributed by atoms with Crippen molar-refractivity contribution in [1.82, 2.24) is 0 Å². The molecule has 0 heterocycles. The zero-order valence-electron chi connectivity index (χ0n) is 12.6. The highest BCUT2D eigenvalue weighted by atomic mass is 32.2. The molecule has 0 fully saturated rings. The summed E-state index contributed by atoms with van der Waals surface area (Å²) in [6, 6.07) is 0. The first-order valence-corrected chi connectivity index (χ1v) is 8.66. The van der Waals surface area contributed by atoms with Crippen molar-refractivity contribution >= 4 is 17.7 Å². The highest BCUT2D eigenvalue weighted by molar-refractivity contribution is 7.98. The number of hydrogen-bond acceptors (Lipinski definition) is 3. The van der Waals surface area contributed by atoms with Gasteiger partial charge in [-0.15, -0.1) is 0 Å². The van der Waals surface area contributed by atoms with Crippen LogP contribution < -0.4 is 0 Å². The number of esters is 1. The lowest BCUT2D eigenvalue weighted by molar-refractivity contribution is -0.153. The Morgan fingerprint density at radius 3 is 2.28 bits per heavy atom. The van der Waals surface area contributed by atoms with E-state index in [9.17, 15) is 4.79 Å². The molecule has 0 saturated carbocycles. The van der Waals surface area contributed by atoms with Gasteiger partial charge in [0.2, 0.25) is 0 Å². The first-order chi connectivity index (χ1) is 8.60. The van der Waals surface area contributed by atoms with Crippen molar-refractivity contribution in [3.05, 3.63) is 0 Å². The zero-order valence-corrected chi connectivity index (χ0v) is 13.4. The van der Waals surface area contributed by atoms with E-state index in [4.69, 9.17) is 4.74 Å². The van der Waals surface area contributed by atoms with Gasteiger partial charge in [0, 0.05) is 5.75 Å². The molecule has 0 aliphatic heterocycles. The van der Waals surface area contributed by atoms with E-state index in [1.807, 2.05) is 13.2 Å². The molecule has 0 saturated heterocycles. The van der Waals surface area contributed by atoms with Gasteiger partial charge in [0.15, 0.2) is 0 Å². The first kappa shape index (κ1) is 17.8. The molecular weight excluding hydrogens is 244 g/mol. The van der Waals surface area contributed by atoms with E-state index in [-0.39, 0.29) is 11.4 Å². The normalized spacial score (nSPS) is 14.2. The molecule has 3 heteroatoms. The summed E-state index contributed by atoms with van der Waals surface area (Å²) in [7, 11) is 0. The van der Waals surface area contributed by atoms with Gasteiger partial charge in [0.25, 0.3) is 0 Å². The topological polar surface area (TPSA) is 26.3 Å². The van der Waals surface area contributed by atoms with Crippen LogP contribution in [0, 0.1) is 5.41 Å². The smallest absolute Gasteiger partial charge is 0.312 e. The van der Waals surface area contributed by atoms with Gasteiger partial charge >= 0.3 is 5.97 Å². The number of thioether (sulfide) groups is 1. The number of hydrogen-bond donors (Lipinski definition) is 0. The van der Waals surface area contributed by atoms with Crippen LogP contribution >= 0.6 is 11.8 Å². The third-order valence-electron chi connectivity index (χ3n) is 3.47. The van der Waals surface area contributed by atoms with Crippen molar-refractivity contribution in [2.45, 2.75) is 65.7 Å². The molecule has 0 rings (SSSR count). The maximum atomic E-state index is 12.0. The molecule has 1 atom stereocenters. The van der Waals surface area contributed by atoms with Gasteiger partial charge in [-0.1, -0.05) is 46.0 Å². The molecule has 0 aromatic carbocycles. The molecule has 0 radical (unpaired) electrons. The molecule has 0 aliphatic carbocycles. The summed E-state index contributed by atoms with van der Waals surface area (Å²) in [6.45, 7) is 6.88. The molecular formula is C15H30O2S. The van der Waals surface area contributed by atoms with Crippen molar-refractivity contribution in [2.24, 2.45) is 5.41 Å². The van der Waals surface area contributed by atoms with E-state index < -0.39 is 0 Å². The van der Waals surface area contributed by atoms with Gasteiger partial charge in [0.05, 0.1) is 12.0 Å². The first-order valence-electron chi connectivity index (χ1n) is 7.27. The Kier molecular flexibility index (Phi) is 10.6. The van der Waals surface area contributed by atoms with Crippen molar-refractivity contribution in [1.29, 1.82) is 0 Å². The minimum Gasteiger partial charge on any atom is -0.465 e. The number of carbonyl (C=O) groups is 1. The van der Waals surface area contributed by atoms with Crippen LogP contribution in [0.3, 0.4) is 0 Å². The largest absolute Gasteiger partial charge is 0.465 e. The van der Waals surface area contributed by atoms with Gasteiger partial charge in [-0.25, -0.2) is 0 Å². The Labute approximate surface area is 117 Å². The summed E-state index contributed by atoms with van der Waals surface area (Å²) in [4.78, 5) is 12.0. The molecule has 0 aliphatic rings. The minimum atomic E-state index is -0.304. The fourth-order valence-electron chi connectivity index (χ4n) is 1.85. The molecule has 0 N–H and O–H groups in total. The lowest BCUT2D eigenvalue weighted by Gasteiger charge is -2.24. The fourth-order valence-corrected chi connectivity index (χ4v) is 2.80. The van der Waals surface area contributed by atoms with Crippen LogP contribution in [-0.2, 0) is 9.53 Å². The van der Waals surface area contributed by atoms with Crippen LogP contribution in [0.5, 0.6) is 0 Å². The maximum absolute atomic E-state index is 12.0. The van der Waals surface area contributed by atoms with Gasteiger partial charge in [-0.3, -0.25) is 4.79 Å². The van der Waals surface area contributed by atoms with Crippen LogP contribution in [0.25, 0.3) is 0 Å². The standard InChI is InChI=1S/C15H30O2S/c1-5-7-8-9-10-11-12-17-14(16)15(3,6-2)13-18-4/h5-13H2,1-4H3. The predicted octanol–water partition coefficient (Wildman–Crippen LogP) is 4.67. The lowest BCUT2D eigenvalue weighted by Crippen LogP contribution is -2.32. The monoisotopic (exact) mass is 274 g/mol. The van der Waals surface area contributed by atoms with E-state index in [1.165, 1.54) is 32.1 Å². The van der Waals surface area contributed by atoms with E-state index in [0.717, 1.165) is 18.6 Å².